The van der Waals surface area contributed by atoms with Gasteiger partial charge in [0.2, 0.25) is 5.91 Å². The quantitative estimate of drug-likeness (QED) is 0.548. The molecule has 1 aromatic heterocycles. The van der Waals surface area contributed by atoms with Crippen LogP contribution in [0.3, 0.4) is 0 Å². The van der Waals surface area contributed by atoms with Crippen molar-refractivity contribution < 1.29 is 14.0 Å². The van der Waals surface area contributed by atoms with Crippen LogP contribution < -0.4 is 5.32 Å². The topological polar surface area (TPSA) is 78.1 Å². The van der Waals surface area contributed by atoms with Gasteiger partial charge < -0.3 is 10.3 Å². The van der Waals surface area contributed by atoms with Crippen LogP contribution in [0.5, 0.6) is 0 Å². The van der Waals surface area contributed by atoms with E-state index in [1.807, 2.05) is 0 Å². The molecule has 0 spiro atoms. The van der Waals surface area contributed by atoms with Crippen LogP contribution in [0.15, 0.2) is 41.7 Å². The van der Waals surface area contributed by atoms with E-state index in [2.05, 4.69) is 15.3 Å². The Kier molecular flexibility index (Phi) is 6.36. The molecular formula is C18H17FN4O2S2. The maximum absolute atomic E-state index is 13.3. The molecule has 27 heavy (non-hydrogen) atoms. The number of imidazole rings is 1. The summed E-state index contributed by atoms with van der Waals surface area (Å²) in [4.78, 5) is 33.2. The summed E-state index contributed by atoms with van der Waals surface area (Å²) >= 11 is 6.39. The second kappa shape index (κ2) is 8.92. The highest BCUT2D eigenvalue weighted by molar-refractivity contribution is 8.26. The zero-order chi connectivity index (χ0) is 19.2. The predicted octanol–water partition coefficient (Wildman–Crippen LogP) is 2.50. The van der Waals surface area contributed by atoms with E-state index in [1.165, 1.54) is 17.0 Å². The summed E-state index contributed by atoms with van der Waals surface area (Å²) in [6.45, 7) is 0.694. The molecule has 1 aromatic carbocycles. The SMILES string of the molecule is O=C(CCN1C(=O)/C(=C\c2cccc(F)c2)SC1=S)NCCc1cnc[nH]1. The molecule has 0 atom stereocenters. The zero-order valence-electron chi connectivity index (χ0n) is 14.3. The lowest BCUT2D eigenvalue weighted by atomic mass is 10.2. The highest BCUT2D eigenvalue weighted by Gasteiger charge is 2.32. The van der Waals surface area contributed by atoms with Crippen LogP contribution in [-0.2, 0) is 16.0 Å². The van der Waals surface area contributed by atoms with Gasteiger partial charge in [-0.15, -0.1) is 0 Å². The highest BCUT2D eigenvalue weighted by Crippen LogP contribution is 2.32. The predicted molar refractivity (Wildman–Crippen MR) is 106 cm³/mol. The number of aromatic nitrogens is 2. The number of hydrogen-bond donors (Lipinski definition) is 2. The van der Waals surface area contributed by atoms with Crippen molar-refractivity contribution in [1.29, 1.82) is 0 Å². The number of thiocarbonyl (C=S) groups is 1. The van der Waals surface area contributed by atoms with Crippen LogP contribution in [0.2, 0.25) is 0 Å². The molecule has 0 saturated carbocycles. The molecule has 0 radical (unpaired) electrons. The van der Waals surface area contributed by atoms with E-state index < -0.39 is 0 Å². The van der Waals surface area contributed by atoms with E-state index in [-0.39, 0.29) is 30.6 Å². The lowest BCUT2D eigenvalue weighted by Gasteiger charge is -2.14. The van der Waals surface area contributed by atoms with Gasteiger partial charge in [0, 0.05) is 37.8 Å². The molecule has 2 aromatic rings. The number of benzene rings is 1. The standard InChI is InChI=1S/C18H17FN4O2S2/c19-13-3-1-2-12(8-13)9-15-17(25)23(18(26)27-15)7-5-16(24)21-6-4-14-10-20-11-22-14/h1-3,8-11H,4-7H2,(H,20,22)(H,21,24)/b15-9+. The summed E-state index contributed by atoms with van der Waals surface area (Å²) < 4.78 is 13.7. The first-order valence-corrected chi connectivity index (χ1v) is 9.50. The number of nitrogens with zero attached hydrogens (tertiary/aromatic N) is 2. The smallest absolute Gasteiger partial charge is 0.266 e. The molecule has 3 rings (SSSR count). The fourth-order valence-corrected chi connectivity index (χ4v) is 3.81. The van der Waals surface area contributed by atoms with Gasteiger partial charge in [0.15, 0.2) is 0 Å². The van der Waals surface area contributed by atoms with E-state index in [4.69, 9.17) is 12.2 Å². The Morgan fingerprint density at radius 1 is 1.44 bits per heavy atom. The zero-order valence-corrected chi connectivity index (χ0v) is 15.9. The van der Waals surface area contributed by atoms with Crippen molar-refractivity contribution in [3.05, 3.63) is 58.8 Å². The molecule has 2 N–H and O–H groups in total. The molecule has 0 aliphatic carbocycles. The van der Waals surface area contributed by atoms with Gasteiger partial charge in [0.1, 0.15) is 10.1 Å². The Labute approximate surface area is 165 Å². The lowest BCUT2D eigenvalue weighted by molar-refractivity contribution is -0.123. The monoisotopic (exact) mass is 404 g/mol. The van der Waals surface area contributed by atoms with Gasteiger partial charge in [0.05, 0.1) is 11.2 Å². The van der Waals surface area contributed by atoms with Gasteiger partial charge in [-0.2, -0.15) is 0 Å². The Morgan fingerprint density at radius 3 is 3.04 bits per heavy atom. The normalized spacial score (nSPS) is 15.6. The average molecular weight is 404 g/mol. The Bertz CT molecular complexity index is 883. The Morgan fingerprint density at radius 2 is 2.30 bits per heavy atom. The van der Waals surface area contributed by atoms with E-state index >= 15 is 0 Å². The molecule has 0 bridgehead atoms. The van der Waals surface area contributed by atoms with E-state index in [1.54, 1.807) is 30.7 Å². The molecule has 1 fully saturated rings. The second-order valence-corrected chi connectivity index (χ2v) is 7.49. The fourth-order valence-electron chi connectivity index (χ4n) is 2.50. The molecule has 1 saturated heterocycles. The summed E-state index contributed by atoms with van der Waals surface area (Å²) in [5.74, 6) is -0.789. The van der Waals surface area contributed by atoms with Crippen molar-refractivity contribution in [2.75, 3.05) is 13.1 Å². The maximum atomic E-state index is 13.3. The molecule has 9 heteroatoms. The van der Waals surface area contributed by atoms with Crippen LogP contribution in [0.4, 0.5) is 4.39 Å². The van der Waals surface area contributed by atoms with Crippen LogP contribution in [0.25, 0.3) is 6.08 Å². The Hall–Kier alpha value is -2.52. The molecule has 6 nitrogen and oxygen atoms in total. The van der Waals surface area contributed by atoms with Gasteiger partial charge in [-0.25, -0.2) is 9.37 Å². The van der Waals surface area contributed by atoms with Crippen LogP contribution >= 0.6 is 24.0 Å². The van der Waals surface area contributed by atoms with E-state index in [9.17, 15) is 14.0 Å². The van der Waals surface area contributed by atoms with Crippen molar-refractivity contribution >= 4 is 46.2 Å². The molecule has 0 unspecified atom stereocenters. The first kappa shape index (κ1) is 19.2. The van der Waals surface area contributed by atoms with Gasteiger partial charge in [-0.1, -0.05) is 36.1 Å². The number of H-pyrrole nitrogens is 1. The summed E-state index contributed by atoms with van der Waals surface area (Å²) in [6, 6.07) is 5.98. The van der Waals surface area contributed by atoms with Crippen LogP contribution in [-0.4, -0.2) is 44.1 Å². The summed E-state index contributed by atoms with van der Waals surface area (Å²) in [7, 11) is 0. The summed E-state index contributed by atoms with van der Waals surface area (Å²) in [5, 5.41) is 2.80. The molecule has 2 heterocycles. The molecule has 2 amide bonds. The number of aromatic amines is 1. The largest absolute Gasteiger partial charge is 0.356 e. The van der Waals surface area contributed by atoms with Gasteiger partial charge in [-0.05, 0) is 23.8 Å². The summed E-state index contributed by atoms with van der Waals surface area (Å²) in [5.41, 5.74) is 1.53. The molecule has 1 aliphatic heterocycles. The van der Waals surface area contributed by atoms with Crippen LogP contribution in [0, 0.1) is 5.82 Å². The third kappa shape index (κ3) is 5.24. The fraction of sp³-hybridized carbons (Fsp3) is 0.222. The molecular weight excluding hydrogens is 387 g/mol. The van der Waals surface area contributed by atoms with Crippen LogP contribution in [0.1, 0.15) is 17.7 Å². The highest BCUT2D eigenvalue weighted by atomic mass is 32.2. The minimum absolute atomic E-state index is 0.155. The van der Waals surface area contributed by atoms with Crippen molar-refractivity contribution in [3.8, 4) is 0 Å². The van der Waals surface area contributed by atoms with E-state index in [0.29, 0.717) is 27.8 Å². The minimum atomic E-state index is -0.369. The van der Waals surface area contributed by atoms with Gasteiger partial charge in [0.25, 0.3) is 5.91 Å². The number of carbonyl (C=O) groups is 2. The number of carbonyl (C=O) groups excluding carboxylic acids is 2. The number of amides is 2. The van der Waals surface area contributed by atoms with Crippen molar-refractivity contribution in [3.63, 3.8) is 0 Å². The molecule has 140 valence electrons. The van der Waals surface area contributed by atoms with Crippen molar-refractivity contribution in [1.82, 2.24) is 20.2 Å². The molecule has 1 aliphatic rings. The van der Waals surface area contributed by atoms with Gasteiger partial charge in [-0.3, -0.25) is 14.5 Å². The maximum Gasteiger partial charge on any atom is 0.266 e. The summed E-state index contributed by atoms with van der Waals surface area (Å²) in [6.07, 6.45) is 5.71. The number of hydrogen-bond acceptors (Lipinski definition) is 5. The number of thioether (sulfide) groups is 1. The van der Waals surface area contributed by atoms with Crippen molar-refractivity contribution in [2.24, 2.45) is 0 Å². The Balaban J connectivity index is 1.50. The number of rotatable bonds is 7. The first-order chi connectivity index (χ1) is 13.0. The van der Waals surface area contributed by atoms with E-state index in [0.717, 1.165) is 17.5 Å². The third-order valence-electron chi connectivity index (χ3n) is 3.85. The third-order valence-corrected chi connectivity index (χ3v) is 5.23. The number of nitrogens with one attached hydrogen (secondary N) is 2. The minimum Gasteiger partial charge on any atom is -0.356 e. The first-order valence-electron chi connectivity index (χ1n) is 8.28. The number of halogens is 1. The van der Waals surface area contributed by atoms with Gasteiger partial charge >= 0.3 is 0 Å². The second-order valence-electron chi connectivity index (χ2n) is 5.82. The average Bonchev–Trinajstić information content (AvgIpc) is 3.23. The van der Waals surface area contributed by atoms with Crippen molar-refractivity contribution in [2.45, 2.75) is 12.8 Å². The lowest BCUT2D eigenvalue weighted by Crippen LogP contribution is -2.34.